The van der Waals surface area contributed by atoms with Gasteiger partial charge in [-0.2, -0.15) is 5.26 Å². The molecule has 0 fully saturated rings. The summed E-state index contributed by atoms with van der Waals surface area (Å²) in [6.45, 7) is 5.01. The third-order valence-corrected chi connectivity index (χ3v) is 6.57. The lowest BCUT2D eigenvalue weighted by Crippen LogP contribution is -2.13. The second-order valence-electron chi connectivity index (χ2n) is 9.09. The number of hydrogen-bond donors (Lipinski definition) is 1. The molecule has 0 atom stereocenters. The standard InChI is InChI=1S/C33H28Cl2N2O4/c1-3-39-32-17-24(8-15-31(32)41-20-23-6-4-22(2)5-7-23)16-26(19-36)33(38)37-28-11-13-29(14-12-28)40-21-25-9-10-27(34)18-30(25)35/h4-18H,3,20-21H2,1-2H3,(H,37,38)/b26-16+. The fourth-order valence-corrected chi connectivity index (χ4v) is 4.26. The number of carbonyl (C=O) groups excluding carboxylic acids is 1. The molecule has 4 rings (SSSR count). The first-order valence-electron chi connectivity index (χ1n) is 12.9. The van der Waals surface area contributed by atoms with E-state index in [0.717, 1.165) is 11.1 Å². The van der Waals surface area contributed by atoms with Crippen molar-refractivity contribution in [1.29, 1.82) is 5.26 Å². The van der Waals surface area contributed by atoms with E-state index in [1.54, 1.807) is 60.7 Å². The minimum Gasteiger partial charge on any atom is -0.490 e. The van der Waals surface area contributed by atoms with E-state index in [4.69, 9.17) is 37.4 Å². The first-order chi connectivity index (χ1) is 19.8. The number of carbonyl (C=O) groups is 1. The molecule has 41 heavy (non-hydrogen) atoms. The summed E-state index contributed by atoms with van der Waals surface area (Å²) in [7, 11) is 0. The van der Waals surface area contributed by atoms with E-state index >= 15 is 0 Å². The van der Waals surface area contributed by atoms with Crippen LogP contribution in [0.4, 0.5) is 5.69 Å². The molecule has 0 aliphatic rings. The SMILES string of the molecule is CCOc1cc(/C=C(\C#N)C(=O)Nc2ccc(OCc3ccc(Cl)cc3Cl)cc2)ccc1OCc1ccc(C)cc1. The van der Waals surface area contributed by atoms with Crippen molar-refractivity contribution >= 4 is 40.9 Å². The molecule has 208 valence electrons. The van der Waals surface area contributed by atoms with Crippen molar-refractivity contribution in [3.8, 4) is 23.3 Å². The highest BCUT2D eigenvalue weighted by molar-refractivity contribution is 6.35. The normalized spacial score (nSPS) is 11.0. The highest BCUT2D eigenvalue weighted by atomic mass is 35.5. The molecule has 0 aliphatic heterocycles. The van der Waals surface area contributed by atoms with Gasteiger partial charge in [-0.1, -0.05) is 65.2 Å². The molecule has 4 aromatic carbocycles. The van der Waals surface area contributed by atoms with Crippen molar-refractivity contribution < 1.29 is 19.0 Å². The lowest BCUT2D eigenvalue weighted by Gasteiger charge is -2.13. The Kier molecular flexibility index (Phi) is 10.3. The number of anilines is 1. The molecular formula is C33H28Cl2N2O4. The Labute approximate surface area is 249 Å². The molecular weight excluding hydrogens is 559 g/mol. The van der Waals surface area contributed by atoms with Crippen LogP contribution in [0.15, 0.2) is 90.5 Å². The van der Waals surface area contributed by atoms with Gasteiger partial charge >= 0.3 is 0 Å². The maximum Gasteiger partial charge on any atom is 0.266 e. The van der Waals surface area contributed by atoms with E-state index in [1.807, 2.05) is 44.2 Å². The fraction of sp³-hybridized carbons (Fsp3) is 0.152. The summed E-state index contributed by atoms with van der Waals surface area (Å²) in [4.78, 5) is 12.9. The van der Waals surface area contributed by atoms with Gasteiger partial charge in [-0.05, 0) is 79.6 Å². The predicted octanol–water partition coefficient (Wildman–Crippen LogP) is 8.40. The molecule has 1 amide bonds. The molecule has 0 radical (unpaired) electrons. The average molecular weight is 588 g/mol. The molecule has 0 spiro atoms. The Morgan fingerprint density at radius 3 is 2.32 bits per heavy atom. The highest BCUT2D eigenvalue weighted by Gasteiger charge is 2.12. The van der Waals surface area contributed by atoms with Crippen LogP contribution in [0, 0.1) is 18.3 Å². The first-order valence-corrected chi connectivity index (χ1v) is 13.7. The van der Waals surface area contributed by atoms with Crippen molar-refractivity contribution in [3.05, 3.63) is 123 Å². The van der Waals surface area contributed by atoms with Gasteiger partial charge in [0.05, 0.1) is 6.61 Å². The first kappa shape index (κ1) is 29.5. The molecule has 4 aromatic rings. The van der Waals surface area contributed by atoms with E-state index in [-0.39, 0.29) is 12.2 Å². The van der Waals surface area contributed by atoms with Gasteiger partial charge in [-0.25, -0.2) is 0 Å². The largest absolute Gasteiger partial charge is 0.490 e. The zero-order valence-electron chi connectivity index (χ0n) is 22.6. The van der Waals surface area contributed by atoms with Crippen LogP contribution >= 0.6 is 23.2 Å². The number of benzene rings is 4. The number of halogens is 2. The molecule has 1 N–H and O–H groups in total. The van der Waals surface area contributed by atoms with E-state index < -0.39 is 5.91 Å². The summed E-state index contributed by atoms with van der Waals surface area (Å²) < 4.78 is 17.5. The Hall–Kier alpha value is -4.44. The molecule has 0 saturated carbocycles. The summed E-state index contributed by atoms with van der Waals surface area (Å²) in [5, 5.41) is 13.5. The van der Waals surface area contributed by atoms with Crippen molar-refractivity contribution in [2.24, 2.45) is 0 Å². The van der Waals surface area contributed by atoms with Gasteiger partial charge in [0.15, 0.2) is 11.5 Å². The van der Waals surface area contributed by atoms with Crippen molar-refractivity contribution in [1.82, 2.24) is 0 Å². The molecule has 0 heterocycles. The number of nitriles is 1. The summed E-state index contributed by atoms with van der Waals surface area (Å²) in [5.41, 5.74) is 4.11. The third kappa shape index (κ3) is 8.52. The van der Waals surface area contributed by atoms with Crippen molar-refractivity contribution in [3.63, 3.8) is 0 Å². The van der Waals surface area contributed by atoms with Gasteiger partial charge in [-0.15, -0.1) is 0 Å². The topological polar surface area (TPSA) is 80.6 Å². The van der Waals surface area contributed by atoms with Crippen LogP contribution in [-0.4, -0.2) is 12.5 Å². The lowest BCUT2D eigenvalue weighted by molar-refractivity contribution is -0.112. The second-order valence-corrected chi connectivity index (χ2v) is 9.93. The quantitative estimate of drug-likeness (QED) is 0.141. The van der Waals surface area contributed by atoms with Gasteiger partial charge in [0.2, 0.25) is 0 Å². The number of nitrogens with zero attached hydrogens (tertiary/aromatic N) is 1. The highest BCUT2D eigenvalue weighted by Crippen LogP contribution is 2.30. The maximum atomic E-state index is 12.9. The molecule has 6 nitrogen and oxygen atoms in total. The number of aryl methyl sites for hydroxylation is 1. The molecule has 0 aliphatic carbocycles. The van der Waals surface area contributed by atoms with Crippen LogP contribution in [0.3, 0.4) is 0 Å². The minimum atomic E-state index is -0.535. The van der Waals surface area contributed by atoms with E-state index in [0.29, 0.717) is 51.8 Å². The Morgan fingerprint density at radius 1 is 0.878 bits per heavy atom. The van der Waals surface area contributed by atoms with E-state index in [9.17, 15) is 10.1 Å². The van der Waals surface area contributed by atoms with Crippen LogP contribution in [-0.2, 0) is 18.0 Å². The van der Waals surface area contributed by atoms with Crippen LogP contribution in [0.25, 0.3) is 6.08 Å². The van der Waals surface area contributed by atoms with Crippen LogP contribution < -0.4 is 19.5 Å². The molecule has 0 unspecified atom stereocenters. The Bertz CT molecular complexity index is 1580. The smallest absolute Gasteiger partial charge is 0.266 e. The number of rotatable bonds is 11. The van der Waals surface area contributed by atoms with E-state index in [2.05, 4.69) is 5.32 Å². The number of nitrogens with one attached hydrogen (secondary N) is 1. The fourth-order valence-electron chi connectivity index (χ4n) is 3.80. The summed E-state index contributed by atoms with van der Waals surface area (Å²) in [6.07, 6.45) is 1.51. The number of ether oxygens (including phenoxy) is 3. The summed E-state index contributed by atoms with van der Waals surface area (Å²) in [6, 6.07) is 27.4. The zero-order chi connectivity index (χ0) is 29.2. The second kappa shape index (κ2) is 14.3. The monoisotopic (exact) mass is 586 g/mol. The molecule has 0 aromatic heterocycles. The van der Waals surface area contributed by atoms with Crippen LogP contribution in [0.5, 0.6) is 17.2 Å². The lowest BCUT2D eigenvalue weighted by atomic mass is 10.1. The van der Waals surface area contributed by atoms with Gasteiger partial charge in [0.1, 0.15) is 30.6 Å². The summed E-state index contributed by atoms with van der Waals surface area (Å²) in [5.74, 6) is 1.17. The number of amides is 1. The summed E-state index contributed by atoms with van der Waals surface area (Å²) >= 11 is 12.1. The third-order valence-electron chi connectivity index (χ3n) is 5.98. The minimum absolute atomic E-state index is 0.0570. The van der Waals surface area contributed by atoms with E-state index in [1.165, 1.54) is 11.6 Å². The van der Waals surface area contributed by atoms with Gasteiger partial charge < -0.3 is 19.5 Å². The molecule has 8 heteroatoms. The van der Waals surface area contributed by atoms with Gasteiger partial charge in [0, 0.05) is 21.3 Å². The molecule has 0 bridgehead atoms. The Morgan fingerprint density at radius 2 is 1.63 bits per heavy atom. The molecule has 0 saturated heterocycles. The van der Waals surface area contributed by atoms with Crippen LogP contribution in [0.2, 0.25) is 10.0 Å². The van der Waals surface area contributed by atoms with Crippen molar-refractivity contribution in [2.45, 2.75) is 27.1 Å². The maximum absolute atomic E-state index is 12.9. The van der Waals surface area contributed by atoms with Crippen molar-refractivity contribution in [2.75, 3.05) is 11.9 Å². The Balaban J connectivity index is 1.39. The number of hydrogen-bond acceptors (Lipinski definition) is 5. The average Bonchev–Trinajstić information content (AvgIpc) is 2.96. The predicted molar refractivity (Wildman–Crippen MR) is 163 cm³/mol. The van der Waals surface area contributed by atoms with Gasteiger partial charge in [0.25, 0.3) is 5.91 Å². The van der Waals surface area contributed by atoms with Gasteiger partial charge in [-0.3, -0.25) is 4.79 Å². The zero-order valence-corrected chi connectivity index (χ0v) is 24.1. The van der Waals surface area contributed by atoms with Crippen LogP contribution in [0.1, 0.15) is 29.2 Å².